The molecular weight excluding hydrogens is 453 g/mol. The van der Waals surface area contributed by atoms with E-state index in [4.69, 9.17) is 4.74 Å². The van der Waals surface area contributed by atoms with Crippen molar-refractivity contribution in [2.45, 2.75) is 33.1 Å². The van der Waals surface area contributed by atoms with E-state index in [1.165, 1.54) is 11.1 Å². The molecule has 0 atom stereocenters. The lowest BCUT2D eigenvalue weighted by Gasteiger charge is -2.12. The number of rotatable bonds is 9. The minimum atomic E-state index is 0. The third-order valence-electron chi connectivity index (χ3n) is 4.17. The van der Waals surface area contributed by atoms with E-state index in [0.29, 0.717) is 0 Å². The minimum absolute atomic E-state index is 0. The van der Waals surface area contributed by atoms with E-state index in [-0.39, 0.29) is 24.0 Å². The Labute approximate surface area is 179 Å². The summed E-state index contributed by atoms with van der Waals surface area (Å²) in [5, 5.41) is 10.9. The summed E-state index contributed by atoms with van der Waals surface area (Å²) in [5.41, 5.74) is 3.68. The van der Waals surface area contributed by atoms with Crippen molar-refractivity contribution in [3.63, 3.8) is 0 Å². The van der Waals surface area contributed by atoms with E-state index in [1.54, 1.807) is 7.11 Å². The van der Waals surface area contributed by atoms with E-state index in [2.05, 4.69) is 59.0 Å². The number of ether oxygens (including phenoxy) is 1. The van der Waals surface area contributed by atoms with Gasteiger partial charge in [0.1, 0.15) is 5.75 Å². The number of halogens is 1. The SMILES string of the molecule is CCNC(=NCCCc1cnn(C)c1)NCCc1ccc(C)c(OC)c1.I. The second-order valence-electron chi connectivity index (χ2n) is 6.37. The van der Waals surface area contributed by atoms with E-state index < -0.39 is 0 Å². The molecule has 0 saturated heterocycles. The molecule has 0 amide bonds. The second-order valence-corrected chi connectivity index (χ2v) is 6.37. The molecule has 1 heterocycles. The van der Waals surface area contributed by atoms with Gasteiger partial charge in [0.2, 0.25) is 0 Å². The number of methoxy groups -OCH3 is 1. The van der Waals surface area contributed by atoms with Crippen LogP contribution < -0.4 is 15.4 Å². The van der Waals surface area contributed by atoms with Crippen molar-refractivity contribution in [1.29, 1.82) is 0 Å². The standard InChI is InChI=1S/C20H31N5O.HI/c1-5-21-20(22-11-6-7-18-14-24-25(3)15-18)23-12-10-17-9-8-16(2)19(13-17)26-4;/h8-9,13-15H,5-7,10-12H2,1-4H3,(H2,21,22,23);1H. The number of nitrogens with zero attached hydrogens (tertiary/aromatic N) is 3. The lowest BCUT2D eigenvalue weighted by atomic mass is 10.1. The van der Waals surface area contributed by atoms with Crippen molar-refractivity contribution in [2.24, 2.45) is 12.0 Å². The number of aromatic nitrogens is 2. The summed E-state index contributed by atoms with van der Waals surface area (Å²) < 4.78 is 7.23. The molecular formula is C20H32IN5O. The molecule has 0 fully saturated rings. The van der Waals surface area contributed by atoms with E-state index in [0.717, 1.165) is 56.2 Å². The van der Waals surface area contributed by atoms with Gasteiger partial charge in [0.15, 0.2) is 5.96 Å². The first-order chi connectivity index (χ1) is 12.6. The lowest BCUT2D eigenvalue weighted by molar-refractivity contribution is 0.411. The number of benzene rings is 1. The summed E-state index contributed by atoms with van der Waals surface area (Å²) in [4.78, 5) is 4.66. The molecule has 1 aromatic heterocycles. The quantitative estimate of drug-likeness (QED) is 0.248. The fourth-order valence-corrected chi connectivity index (χ4v) is 2.76. The molecule has 27 heavy (non-hydrogen) atoms. The molecule has 1 aromatic carbocycles. The van der Waals surface area contributed by atoms with E-state index in [9.17, 15) is 0 Å². The lowest BCUT2D eigenvalue weighted by Crippen LogP contribution is -2.38. The van der Waals surface area contributed by atoms with Gasteiger partial charge in [-0.05, 0) is 55.9 Å². The first-order valence-electron chi connectivity index (χ1n) is 9.25. The fourth-order valence-electron chi connectivity index (χ4n) is 2.76. The number of aliphatic imine (C=N–C) groups is 1. The normalized spacial score (nSPS) is 11.0. The van der Waals surface area contributed by atoms with Gasteiger partial charge in [0.25, 0.3) is 0 Å². The van der Waals surface area contributed by atoms with Gasteiger partial charge in [-0.25, -0.2) is 0 Å². The van der Waals surface area contributed by atoms with E-state index >= 15 is 0 Å². The van der Waals surface area contributed by atoms with Crippen molar-refractivity contribution in [3.05, 3.63) is 47.3 Å². The summed E-state index contributed by atoms with van der Waals surface area (Å²) in [5.74, 6) is 1.82. The smallest absolute Gasteiger partial charge is 0.191 e. The molecule has 150 valence electrons. The van der Waals surface area contributed by atoms with E-state index in [1.807, 2.05) is 17.9 Å². The van der Waals surface area contributed by atoms with Crippen LogP contribution in [0, 0.1) is 6.92 Å². The Morgan fingerprint density at radius 3 is 2.70 bits per heavy atom. The van der Waals surface area contributed by atoms with Crippen molar-refractivity contribution in [3.8, 4) is 5.75 Å². The highest BCUT2D eigenvalue weighted by Crippen LogP contribution is 2.18. The topological polar surface area (TPSA) is 63.5 Å². The van der Waals surface area contributed by atoms with Gasteiger partial charge in [0.05, 0.1) is 13.3 Å². The van der Waals surface area contributed by atoms with Gasteiger partial charge in [-0.3, -0.25) is 9.67 Å². The molecule has 2 aromatic rings. The second kappa shape index (κ2) is 12.6. The van der Waals surface area contributed by atoms with Crippen LogP contribution in [0.1, 0.15) is 30.0 Å². The average Bonchev–Trinajstić information content (AvgIpc) is 3.05. The fraction of sp³-hybridized carbons (Fsp3) is 0.500. The maximum absolute atomic E-state index is 5.39. The molecule has 0 bridgehead atoms. The van der Waals surface area contributed by atoms with Gasteiger partial charge in [-0.15, -0.1) is 24.0 Å². The monoisotopic (exact) mass is 485 g/mol. The largest absolute Gasteiger partial charge is 0.496 e. The van der Waals surface area contributed by atoms with Gasteiger partial charge in [-0.1, -0.05) is 12.1 Å². The average molecular weight is 485 g/mol. The van der Waals surface area contributed by atoms with Gasteiger partial charge in [0, 0.05) is 32.9 Å². The van der Waals surface area contributed by atoms with Crippen LogP contribution in [0.4, 0.5) is 0 Å². The molecule has 0 saturated carbocycles. The zero-order valence-electron chi connectivity index (χ0n) is 16.8. The summed E-state index contributed by atoms with van der Waals surface area (Å²) >= 11 is 0. The molecule has 0 aliphatic carbocycles. The zero-order chi connectivity index (χ0) is 18.8. The van der Waals surface area contributed by atoms with Crippen LogP contribution >= 0.6 is 24.0 Å². The van der Waals surface area contributed by atoms with Crippen LogP contribution in [-0.2, 0) is 19.9 Å². The van der Waals surface area contributed by atoms with Crippen molar-refractivity contribution >= 4 is 29.9 Å². The molecule has 0 unspecified atom stereocenters. The van der Waals surface area contributed by atoms with Gasteiger partial charge in [-0.2, -0.15) is 5.10 Å². The Kier molecular flexibility index (Phi) is 10.8. The Hall–Kier alpha value is -1.77. The van der Waals surface area contributed by atoms with Crippen LogP contribution in [0.15, 0.2) is 35.6 Å². The molecule has 7 heteroatoms. The van der Waals surface area contributed by atoms with Gasteiger partial charge < -0.3 is 15.4 Å². The number of hydrogen-bond acceptors (Lipinski definition) is 3. The summed E-state index contributed by atoms with van der Waals surface area (Å²) in [6.45, 7) is 6.62. The van der Waals surface area contributed by atoms with Crippen LogP contribution in [0.5, 0.6) is 5.75 Å². The van der Waals surface area contributed by atoms with Crippen molar-refractivity contribution in [2.75, 3.05) is 26.7 Å². The molecule has 0 aliphatic heterocycles. The highest BCUT2D eigenvalue weighted by molar-refractivity contribution is 14.0. The molecule has 0 radical (unpaired) electrons. The third kappa shape index (κ3) is 8.19. The predicted octanol–water partition coefficient (Wildman–Crippen LogP) is 3.09. The first kappa shape index (κ1) is 23.3. The summed E-state index contributed by atoms with van der Waals surface area (Å²) in [6, 6.07) is 6.36. The number of nitrogens with one attached hydrogen (secondary N) is 2. The number of guanidine groups is 1. The summed E-state index contributed by atoms with van der Waals surface area (Å²) in [7, 11) is 3.66. The molecule has 6 nitrogen and oxygen atoms in total. The minimum Gasteiger partial charge on any atom is -0.496 e. The van der Waals surface area contributed by atoms with Crippen molar-refractivity contribution in [1.82, 2.24) is 20.4 Å². The molecule has 0 spiro atoms. The number of aryl methyl sites for hydroxylation is 3. The molecule has 2 N–H and O–H groups in total. The highest BCUT2D eigenvalue weighted by atomic mass is 127. The van der Waals surface area contributed by atoms with Gasteiger partial charge >= 0.3 is 0 Å². The highest BCUT2D eigenvalue weighted by Gasteiger charge is 2.02. The Morgan fingerprint density at radius 1 is 1.22 bits per heavy atom. The van der Waals surface area contributed by atoms with Crippen LogP contribution in [0.3, 0.4) is 0 Å². The molecule has 2 rings (SSSR count). The maximum Gasteiger partial charge on any atom is 0.191 e. The third-order valence-corrected chi connectivity index (χ3v) is 4.17. The molecule has 0 aliphatic rings. The van der Waals surface area contributed by atoms with Crippen LogP contribution in [-0.4, -0.2) is 42.5 Å². The maximum atomic E-state index is 5.39. The van der Waals surface area contributed by atoms with Crippen LogP contribution in [0.2, 0.25) is 0 Å². The Balaban J connectivity index is 0.00000364. The summed E-state index contributed by atoms with van der Waals surface area (Å²) in [6.07, 6.45) is 6.92. The predicted molar refractivity (Wildman–Crippen MR) is 122 cm³/mol. The number of hydrogen-bond donors (Lipinski definition) is 2. The first-order valence-corrected chi connectivity index (χ1v) is 9.25. The van der Waals surface area contributed by atoms with Crippen LogP contribution in [0.25, 0.3) is 0 Å². The van der Waals surface area contributed by atoms with Crippen molar-refractivity contribution < 1.29 is 4.74 Å². The zero-order valence-corrected chi connectivity index (χ0v) is 19.1. The Morgan fingerprint density at radius 2 is 2.04 bits per heavy atom. The Bertz CT molecular complexity index is 714.